The van der Waals surface area contributed by atoms with E-state index in [1.54, 1.807) is 42.5 Å². The van der Waals surface area contributed by atoms with Gasteiger partial charge in [0.1, 0.15) is 0 Å². The van der Waals surface area contributed by atoms with E-state index >= 15 is 0 Å². The summed E-state index contributed by atoms with van der Waals surface area (Å²) in [6.07, 6.45) is 0. The fourth-order valence-corrected chi connectivity index (χ4v) is 9.32. The third-order valence-corrected chi connectivity index (χ3v) is 9.97. The number of hydrogen-bond acceptors (Lipinski definition) is 3. The SMILES string of the molecule is O=P1(c2ccccc2)c2ccccc2S(=O)(=O)c2ccc(Br)cc21. The molecule has 3 aromatic rings. The zero-order valence-corrected chi connectivity index (χ0v) is 15.7. The van der Waals surface area contributed by atoms with Gasteiger partial charge in [-0.05, 0) is 30.3 Å². The van der Waals surface area contributed by atoms with Gasteiger partial charge in [0.05, 0.1) is 9.79 Å². The number of fused-ring (bicyclic) bond motifs is 2. The Bertz CT molecular complexity index is 1110. The summed E-state index contributed by atoms with van der Waals surface area (Å²) < 4.78 is 40.9. The first-order valence-electron chi connectivity index (χ1n) is 7.26. The van der Waals surface area contributed by atoms with Gasteiger partial charge in [0.2, 0.25) is 9.84 Å². The van der Waals surface area contributed by atoms with Crippen molar-refractivity contribution >= 4 is 48.8 Å². The lowest BCUT2D eigenvalue weighted by Crippen LogP contribution is -2.36. The summed E-state index contributed by atoms with van der Waals surface area (Å²) in [6.45, 7) is 0. The first kappa shape index (κ1) is 15.8. The molecular weight excluding hydrogens is 407 g/mol. The summed E-state index contributed by atoms with van der Waals surface area (Å²) in [6, 6.07) is 20.5. The Morgan fingerprint density at radius 3 is 2.12 bits per heavy atom. The molecule has 0 fully saturated rings. The Balaban J connectivity index is 2.21. The molecule has 4 rings (SSSR count). The highest BCUT2D eigenvalue weighted by atomic mass is 79.9. The summed E-state index contributed by atoms with van der Waals surface area (Å²) >= 11 is 3.38. The largest absolute Gasteiger partial charge is 0.309 e. The van der Waals surface area contributed by atoms with Crippen molar-refractivity contribution in [2.75, 3.05) is 0 Å². The van der Waals surface area contributed by atoms with Crippen LogP contribution in [-0.2, 0) is 14.4 Å². The monoisotopic (exact) mass is 418 g/mol. The zero-order valence-electron chi connectivity index (χ0n) is 12.4. The van der Waals surface area contributed by atoms with Crippen LogP contribution in [0.5, 0.6) is 0 Å². The number of sulfone groups is 1. The van der Waals surface area contributed by atoms with Gasteiger partial charge in [-0.25, -0.2) is 8.42 Å². The quantitative estimate of drug-likeness (QED) is 0.446. The minimum absolute atomic E-state index is 0.122. The van der Waals surface area contributed by atoms with Crippen LogP contribution in [0.25, 0.3) is 0 Å². The normalized spacial score (nSPS) is 20.9. The maximum atomic E-state index is 14.2. The van der Waals surface area contributed by atoms with Gasteiger partial charge in [0.25, 0.3) is 0 Å². The molecule has 0 N–H and O–H groups in total. The molecule has 3 aromatic carbocycles. The van der Waals surface area contributed by atoms with Crippen LogP contribution >= 0.6 is 23.1 Å². The highest BCUT2D eigenvalue weighted by Gasteiger charge is 2.43. The van der Waals surface area contributed by atoms with Crippen molar-refractivity contribution in [1.82, 2.24) is 0 Å². The number of rotatable bonds is 1. The molecule has 1 aliphatic rings. The second-order valence-electron chi connectivity index (χ2n) is 5.53. The first-order chi connectivity index (χ1) is 11.5. The number of hydrogen-bond donors (Lipinski definition) is 0. The molecule has 0 aromatic heterocycles. The minimum atomic E-state index is -3.69. The van der Waals surface area contributed by atoms with Crippen LogP contribution in [0.2, 0.25) is 0 Å². The fraction of sp³-hybridized carbons (Fsp3) is 0. The van der Waals surface area contributed by atoms with Crippen molar-refractivity contribution in [3.8, 4) is 0 Å². The number of halogens is 1. The van der Waals surface area contributed by atoms with Gasteiger partial charge in [-0.2, -0.15) is 0 Å². The van der Waals surface area contributed by atoms with Crippen molar-refractivity contribution in [3.63, 3.8) is 0 Å². The maximum Gasteiger partial charge on any atom is 0.208 e. The third kappa shape index (κ3) is 2.08. The lowest BCUT2D eigenvalue weighted by molar-refractivity contribution is 0.585. The van der Waals surface area contributed by atoms with Crippen molar-refractivity contribution in [2.45, 2.75) is 9.79 Å². The van der Waals surface area contributed by atoms with Crippen molar-refractivity contribution < 1.29 is 13.0 Å². The van der Waals surface area contributed by atoms with Crippen LogP contribution in [0.15, 0.2) is 87.1 Å². The van der Waals surface area contributed by atoms with Crippen LogP contribution in [0.1, 0.15) is 0 Å². The third-order valence-electron chi connectivity index (χ3n) is 4.16. The molecule has 0 amide bonds. The second kappa shape index (κ2) is 5.41. The van der Waals surface area contributed by atoms with Crippen LogP contribution in [0.3, 0.4) is 0 Å². The Hall–Kier alpha value is -1.68. The molecule has 120 valence electrons. The summed E-state index contributed by atoms with van der Waals surface area (Å²) in [7, 11) is -6.95. The Morgan fingerprint density at radius 1 is 0.750 bits per heavy atom. The molecule has 3 nitrogen and oxygen atoms in total. The Morgan fingerprint density at radius 2 is 1.38 bits per heavy atom. The summed E-state index contributed by atoms with van der Waals surface area (Å²) in [5.41, 5.74) is 0. The van der Waals surface area contributed by atoms with E-state index in [2.05, 4.69) is 15.9 Å². The highest BCUT2D eigenvalue weighted by Crippen LogP contribution is 2.50. The van der Waals surface area contributed by atoms with Crippen LogP contribution in [-0.4, -0.2) is 8.42 Å². The van der Waals surface area contributed by atoms with E-state index in [1.165, 1.54) is 12.1 Å². The minimum Gasteiger partial charge on any atom is -0.309 e. The smallest absolute Gasteiger partial charge is 0.208 e. The molecule has 0 spiro atoms. The van der Waals surface area contributed by atoms with Crippen molar-refractivity contribution in [3.05, 3.63) is 77.3 Å². The molecule has 1 unspecified atom stereocenters. The summed E-state index contributed by atoms with van der Waals surface area (Å²) in [5.74, 6) is 0. The van der Waals surface area contributed by atoms with E-state index in [9.17, 15) is 13.0 Å². The molecule has 24 heavy (non-hydrogen) atoms. The highest BCUT2D eigenvalue weighted by molar-refractivity contribution is 9.10. The van der Waals surface area contributed by atoms with Gasteiger partial charge >= 0.3 is 0 Å². The topological polar surface area (TPSA) is 51.2 Å². The summed E-state index contributed by atoms with van der Waals surface area (Å²) in [5, 5.41) is 1.37. The van der Waals surface area contributed by atoms with Crippen LogP contribution < -0.4 is 15.9 Å². The predicted octanol–water partition coefficient (Wildman–Crippen LogP) is 3.23. The molecule has 0 saturated heterocycles. The van der Waals surface area contributed by atoms with Gasteiger partial charge < -0.3 is 4.57 Å². The molecule has 1 heterocycles. The average Bonchev–Trinajstić information content (AvgIpc) is 2.60. The van der Waals surface area contributed by atoms with E-state index in [1.807, 2.05) is 18.2 Å². The fourth-order valence-electron chi connectivity index (χ4n) is 3.07. The van der Waals surface area contributed by atoms with Crippen LogP contribution in [0, 0.1) is 0 Å². The maximum absolute atomic E-state index is 14.2. The molecule has 6 heteroatoms. The molecule has 0 bridgehead atoms. The van der Waals surface area contributed by atoms with Gasteiger partial charge in [-0.15, -0.1) is 0 Å². The Kier molecular flexibility index (Phi) is 3.57. The van der Waals surface area contributed by atoms with Crippen LogP contribution in [0.4, 0.5) is 0 Å². The average molecular weight is 419 g/mol. The predicted molar refractivity (Wildman–Crippen MR) is 99.0 cm³/mol. The van der Waals surface area contributed by atoms with Gasteiger partial charge in [0.15, 0.2) is 7.14 Å². The zero-order chi connectivity index (χ0) is 16.9. The summed E-state index contributed by atoms with van der Waals surface area (Å²) in [4.78, 5) is 0.253. The van der Waals surface area contributed by atoms with Crippen molar-refractivity contribution in [1.29, 1.82) is 0 Å². The second-order valence-corrected chi connectivity index (χ2v) is 11.0. The van der Waals surface area contributed by atoms with Crippen molar-refractivity contribution in [2.24, 2.45) is 0 Å². The van der Waals surface area contributed by atoms with Gasteiger partial charge in [-0.1, -0.05) is 58.4 Å². The first-order valence-corrected chi connectivity index (χ1v) is 11.2. The lowest BCUT2D eigenvalue weighted by Gasteiger charge is -2.29. The van der Waals surface area contributed by atoms with E-state index in [-0.39, 0.29) is 9.79 Å². The molecule has 0 aliphatic carbocycles. The van der Waals surface area contributed by atoms with E-state index in [4.69, 9.17) is 0 Å². The molecule has 0 radical (unpaired) electrons. The molecule has 1 atom stereocenters. The van der Waals surface area contributed by atoms with E-state index in [0.717, 1.165) is 0 Å². The van der Waals surface area contributed by atoms with Gasteiger partial charge in [0, 0.05) is 20.4 Å². The lowest BCUT2D eigenvalue weighted by atomic mass is 10.3. The Labute approximate surface area is 148 Å². The molecule has 0 saturated carbocycles. The van der Waals surface area contributed by atoms with E-state index < -0.39 is 17.0 Å². The molecule has 1 aliphatic heterocycles. The van der Waals surface area contributed by atoms with Gasteiger partial charge in [-0.3, -0.25) is 0 Å². The molecular formula is C18H12BrO3PS. The van der Waals surface area contributed by atoms with E-state index in [0.29, 0.717) is 20.4 Å². The number of benzene rings is 3. The standard InChI is InChI=1S/C18H12BrO3PS/c19-13-10-11-18-16(12-13)23(20,14-6-2-1-3-7-14)15-8-4-5-9-17(15)24(18,21)22/h1-12H.